The van der Waals surface area contributed by atoms with Gasteiger partial charge in [0.25, 0.3) is 0 Å². The van der Waals surface area contributed by atoms with Gasteiger partial charge in [-0.1, -0.05) is 6.42 Å². The van der Waals surface area contributed by atoms with Gasteiger partial charge in [-0.3, -0.25) is 0 Å². The number of thiophene rings is 1. The Balaban J connectivity index is 1.81. The van der Waals surface area contributed by atoms with E-state index in [1.165, 1.54) is 29.7 Å². The van der Waals surface area contributed by atoms with Gasteiger partial charge >= 0.3 is 0 Å². The molecule has 1 fully saturated rings. The summed E-state index contributed by atoms with van der Waals surface area (Å²) < 4.78 is 6.03. The highest BCUT2D eigenvalue weighted by Gasteiger charge is 2.27. The molecule has 0 amide bonds. The molecule has 3 rings (SSSR count). The van der Waals surface area contributed by atoms with Crippen molar-refractivity contribution < 1.29 is 4.74 Å². The van der Waals surface area contributed by atoms with Gasteiger partial charge < -0.3 is 10.5 Å². The lowest BCUT2D eigenvalue weighted by molar-refractivity contribution is 0.212. The van der Waals surface area contributed by atoms with E-state index in [0.717, 1.165) is 29.2 Å². The summed E-state index contributed by atoms with van der Waals surface area (Å²) in [6.45, 7) is 5.72. The van der Waals surface area contributed by atoms with E-state index in [9.17, 15) is 0 Å². The van der Waals surface area contributed by atoms with Gasteiger partial charge in [-0.05, 0) is 50.6 Å². The summed E-state index contributed by atoms with van der Waals surface area (Å²) in [5.41, 5.74) is 7.07. The van der Waals surface area contributed by atoms with E-state index in [1.54, 1.807) is 17.7 Å². The Kier molecular flexibility index (Phi) is 3.89. The summed E-state index contributed by atoms with van der Waals surface area (Å²) in [4.78, 5) is 11.0. The second-order valence-electron chi connectivity index (χ2n) is 5.64. The van der Waals surface area contributed by atoms with Gasteiger partial charge in [-0.25, -0.2) is 9.97 Å². The van der Waals surface area contributed by atoms with Gasteiger partial charge in [0.05, 0.1) is 12.0 Å². The Labute approximate surface area is 123 Å². The first kappa shape index (κ1) is 13.8. The molecule has 0 saturated heterocycles. The molecule has 0 aromatic carbocycles. The second kappa shape index (κ2) is 5.66. The average Bonchev–Trinajstić information content (AvgIpc) is 3.02. The zero-order chi connectivity index (χ0) is 14.1. The minimum Gasteiger partial charge on any atom is -0.477 e. The van der Waals surface area contributed by atoms with Gasteiger partial charge in [0.15, 0.2) is 0 Å². The molecule has 2 unspecified atom stereocenters. The van der Waals surface area contributed by atoms with Crippen LogP contribution in [0.1, 0.15) is 29.7 Å². The Morgan fingerprint density at radius 3 is 2.90 bits per heavy atom. The highest BCUT2D eigenvalue weighted by atomic mass is 32.1. The minimum absolute atomic E-state index is 0.574. The van der Waals surface area contributed by atoms with Crippen LogP contribution >= 0.6 is 11.3 Å². The third-order valence-corrected chi connectivity index (χ3v) is 5.60. The van der Waals surface area contributed by atoms with Gasteiger partial charge in [0.1, 0.15) is 11.2 Å². The normalized spacial score (nSPS) is 22.6. The van der Waals surface area contributed by atoms with Crippen molar-refractivity contribution in [3.63, 3.8) is 0 Å². The van der Waals surface area contributed by atoms with Gasteiger partial charge in [0.2, 0.25) is 5.88 Å². The summed E-state index contributed by atoms with van der Waals surface area (Å²) in [5.74, 6) is 1.92. The topological polar surface area (TPSA) is 61.0 Å². The number of nitrogens with zero attached hydrogens (tertiary/aromatic N) is 2. The maximum Gasteiger partial charge on any atom is 0.225 e. The number of aryl methyl sites for hydroxylation is 2. The Morgan fingerprint density at radius 2 is 2.10 bits per heavy atom. The van der Waals surface area contributed by atoms with Crippen LogP contribution in [-0.2, 0) is 0 Å². The standard InChI is InChI=1S/C15H21N3OS/c1-9-10(2)20-15-13(9)14(17-8-18-15)19-7-12-5-3-4-11(12)6-16/h8,11-12H,3-7,16H2,1-2H3. The smallest absolute Gasteiger partial charge is 0.225 e. The molecule has 1 aliphatic carbocycles. The first-order chi connectivity index (χ1) is 9.70. The van der Waals surface area contributed by atoms with Gasteiger partial charge in [0, 0.05) is 4.88 Å². The summed E-state index contributed by atoms with van der Waals surface area (Å²) in [7, 11) is 0. The van der Waals surface area contributed by atoms with Crippen molar-refractivity contribution in [1.82, 2.24) is 9.97 Å². The zero-order valence-electron chi connectivity index (χ0n) is 12.1. The number of rotatable bonds is 4. The van der Waals surface area contributed by atoms with Crippen molar-refractivity contribution in [3.8, 4) is 5.88 Å². The van der Waals surface area contributed by atoms with Gasteiger partial charge in [-0.15, -0.1) is 11.3 Å². The molecule has 2 heterocycles. The lowest BCUT2D eigenvalue weighted by Crippen LogP contribution is -2.23. The molecule has 0 aliphatic heterocycles. The predicted molar refractivity (Wildman–Crippen MR) is 82.3 cm³/mol. The lowest BCUT2D eigenvalue weighted by Gasteiger charge is -2.18. The quantitative estimate of drug-likeness (QED) is 0.940. The predicted octanol–water partition coefficient (Wildman–Crippen LogP) is 3.06. The number of hydrogen-bond donors (Lipinski definition) is 1. The molecular weight excluding hydrogens is 270 g/mol. The van der Waals surface area contributed by atoms with Crippen LogP contribution in [0.3, 0.4) is 0 Å². The Morgan fingerprint density at radius 1 is 1.30 bits per heavy atom. The van der Waals surface area contributed by atoms with Crippen LogP contribution in [0.2, 0.25) is 0 Å². The average molecular weight is 291 g/mol. The largest absolute Gasteiger partial charge is 0.477 e. The van der Waals surface area contributed by atoms with E-state index in [4.69, 9.17) is 10.5 Å². The highest BCUT2D eigenvalue weighted by molar-refractivity contribution is 7.18. The summed E-state index contributed by atoms with van der Waals surface area (Å²) in [6.07, 6.45) is 5.33. The van der Waals surface area contributed by atoms with Crippen molar-refractivity contribution in [2.24, 2.45) is 17.6 Å². The van der Waals surface area contributed by atoms with Crippen LogP contribution in [-0.4, -0.2) is 23.1 Å². The van der Waals surface area contributed by atoms with Crippen LogP contribution < -0.4 is 10.5 Å². The lowest BCUT2D eigenvalue weighted by atomic mass is 9.97. The number of nitrogens with two attached hydrogens (primary N) is 1. The van der Waals surface area contributed by atoms with E-state index in [-0.39, 0.29) is 0 Å². The Hall–Kier alpha value is -1.20. The molecule has 0 bridgehead atoms. The minimum atomic E-state index is 0.574. The molecule has 2 aromatic rings. The maximum absolute atomic E-state index is 6.03. The summed E-state index contributed by atoms with van der Waals surface area (Å²) >= 11 is 1.70. The molecule has 0 spiro atoms. The number of fused-ring (bicyclic) bond motifs is 1. The molecule has 2 N–H and O–H groups in total. The molecule has 2 aromatic heterocycles. The number of aromatic nitrogens is 2. The van der Waals surface area contributed by atoms with Crippen molar-refractivity contribution in [3.05, 3.63) is 16.8 Å². The first-order valence-electron chi connectivity index (χ1n) is 7.24. The van der Waals surface area contributed by atoms with Crippen molar-refractivity contribution in [2.75, 3.05) is 13.2 Å². The van der Waals surface area contributed by atoms with Crippen LogP contribution in [0.25, 0.3) is 10.2 Å². The van der Waals surface area contributed by atoms with Crippen molar-refractivity contribution in [2.45, 2.75) is 33.1 Å². The number of ether oxygens (including phenoxy) is 1. The molecule has 0 radical (unpaired) electrons. The fraction of sp³-hybridized carbons (Fsp3) is 0.600. The molecule has 1 aliphatic rings. The third-order valence-electron chi connectivity index (χ3n) is 4.48. The third kappa shape index (κ3) is 2.40. The van der Waals surface area contributed by atoms with Crippen LogP contribution in [0.5, 0.6) is 5.88 Å². The fourth-order valence-electron chi connectivity index (χ4n) is 3.09. The Bertz CT molecular complexity index is 610. The highest BCUT2D eigenvalue weighted by Crippen LogP contribution is 2.35. The van der Waals surface area contributed by atoms with Gasteiger partial charge in [-0.2, -0.15) is 0 Å². The van der Waals surface area contributed by atoms with Crippen molar-refractivity contribution in [1.29, 1.82) is 0 Å². The fourth-order valence-corrected chi connectivity index (χ4v) is 4.08. The molecule has 4 nitrogen and oxygen atoms in total. The second-order valence-corrected chi connectivity index (χ2v) is 6.84. The van der Waals surface area contributed by atoms with Crippen molar-refractivity contribution >= 4 is 21.6 Å². The molecule has 2 atom stereocenters. The monoisotopic (exact) mass is 291 g/mol. The first-order valence-corrected chi connectivity index (χ1v) is 8.06. The summed E-state index contributed by atoms with van der Waals surface area (Å²) in [6, 6.07) is 0. The SMILES string of the molecule is Cc1sc2ncnc(OCC3CCCC3CN)c2c1C. The molecule has 1 saturated carbocycles. The zero-order valence-corrected chi connectivity index (χ0v) is 12.9. The van der Waals surface area contributed by atoms with Crippen LogP contribution in [0, 0.1) is 25.7 Å². The molecule has 20 heavy (non-hydrogen) atoms. The maximum atomic E-state index is 6.03. The van der Waals surface area contributed by atoms with Crippen LogP contribution in [0.15, 0.2) is 6.33 Å². The number of hydrogen-bond acceptors (Lipinski definition) is 5. The van der Waals surface area contributed by atoms with Crippen LogP contribution in [0.4, 0.5) is 0 Å². The van der Waals surface area contributed by atoms with E-state index >= 15 is 0 Å². The molecule has 5 heteroatoms. The summed E-state index contributed by atoms with van der Waals surface area (Å²) in [5, 5.41) is 1.08. The van der Waals surface area contributed by atoms with E-state index in [0.29, 0.717) is 11.8 Å². The van der Waals surface area contributed by atoms with E-state index in [2.05, 4.69) is 23.8 Å². The molecule has 108 valence electrons. The van der Waals surface area contributed by atoms with E-state index < -0.39 is 0 Å². The van der Waals surface area contributed by atoms with E-state index in [1.807, 2.05) is 0 Å². The molecular formula is C15H21N3OS.